The van der Waals surface area contributed by atoms with Crippen LogP contribution in [-0.2, 0) is 11.2 Å². The molecule has 2 aromatic rings. The van der Waals surface area contributed by atoms with E-state index in [2.05, 4.69) is 15.5 Å². The number of hydrogen-bond acceptors (Lipinski definition) is 5. The molecule has 0 aliphatic rings. The molecule has 2 rings (SSSR count). The molecule has 0 saturated heterocycles. The van der Waals surface area contributed by atoms with E-state index in [1.54, 1.807) is 18.2 Å². The summed E-state index contributed by atoms with van der Waals surface area (Å²) in [5.74, 6) is 0.542. The molecule has 21 heavy (non-hydrogen) atoms. The van der Waals surface area contributed by atoms with Gasteiger partial charge in [-0.15, -0.1) is 11.8 Å². The van der Waals surface area contributed by atoms with Crippen LogP contribution in [0.3, 0.4) is 0 Å². The van der Waals surface area contributed by atoms with Gasteiger partial charge in [-0.3, -0.25) is 20.0 Å². The van der Waals surface area contributed by atoms with Crippen molar-refractivity contribution in [3.05, 3.63) is 46.1 Å². The maximum atomic E-state index is 11.8. The molecule has 1 aromatic carbocycles. The van der Waals surface area contributed by atoms with Crippen LogP contribution in [0.5, 0.6) is 0 Å². The molecular formula is C13H14N4O3S. The van der Waals surface area contributed by atoms with Gasteiger partial charge in [-0.25, -0.2) is 0 Å². The van der Waals surface area contributed by atoms with Gasteiger partial charge in [0.05, 0.1) is 10.7 Å². The number of aromatic amines is 1. The first-order valence-corrected chi connectivity index (χ1v) is 7.28. The molecule has 0 aliphatic carbocycles. The zero-order valence-electron chi connectivity index (χ0n) is 11.3. The highest BCUT2D eigenvalue weighted by Crippen LogP contribution is 2.21. The van der Waals surface area contributed by atoms with Gasteiger partial charge in [0.25, 0.3) is 5.69 Å². The zero-order valence-corrected chi connectivity index (χ0v) is 12.1. The maximum absolute atomic E-state index is 11.8. The van der Waals surface area contributed by atoms with Gasteiger partial charge < -0.3 is 5.32 Å². The number of amides is 1. The second-order valence-electron chi connectivity index (χ2n) is 4.22. The summed E-state index contributed by atoms with van der Waals surface area (Å²) in [7, 11) is 0. The molecule has 0 aliphatic heterocycles. The summed E-state index contributed by atoms with van der Waals surface area (Å²) in [6.45, 7) is 1.99. The fourth-order valence-corrected chi connectivity index (χ4v) is 2.30. The van der Waals surface area contributed by atoms with Gasteiger partial charge in [-0.1, -0.05) is 6.92 Å². The number of rotatable bonds is 6. The SMILES string of the molecule is CCc1cc(NC(=O)CSc2ccc([N+](=O)[O-])cc2)n[nH]1. The number of H-pyrrole nitrogens is 1. The number of aryl methyl sites for hydroxylation is 1. The van der Waals surface area contributed by atoms with Gasteiger partial charge in [0.2, 0.25) is 5.91 Å². The van der Waals surface area contributed by atoms with Crippen molar-refractivity contribution in [3.8, 4) is 0 Å². The second kappa shape index (κ2) is 6.89. The Labute approximate surface area is 125 Å². The minimum absolute atomic E-state index is 0.0346. The van der Waals surface area contributed by atoms with Crippen LogP contribution < -0.4 is 5.32 Å². The predicted molar refractivity (Wildman–Crippen MR) is 80.4 cm³/mol. The van der Waals surface area contributed by atoms with Crippen molar-refractivity contribution in [2.75, 3.05) is 11.1 Å². The first kappa shape index (κ1) is 15.0. The Hall–Kier alpha value is -2.35. The molecular weight excluding hydrogens is 292 g/mol. The lowest BCUT2D eigenvalue weighted by molar-refractivity contribution is -0.384. The van der Waals surface area contributed by atoms with Gasteiger partial charge >= 0.3 is 0 Å². The Morgan fingerprint density at radius 2 is 2.14 bits per heavy atom. The summed E-state index contributed by atoms with van der Waals surface area (Å²) in [6.07, 6.45) is 0.820. The first-order chi connectivity index (χ1) is 10.1. The highest BCUT2D eigenvalue weighted by molar-refractivity contribution is 8.00. The van der Waals surface area contributed by atoms with Crippen LogP contribution in [-0.4, -0.2) is 26.8 Å². The third-order valence-corrected chi connectivity index (χ3v) is 3.71. The summed E-state index contributed by atoms with van der Waals surface area (Å²) in [5.41, 5.74) is 0.987. The summed E-state index contributed by atoms with van der Waals surface area (Å²) < 4.78 is 0. The number of non-ortho nitro benzene ring substituents is 1. The summed E-state index contributed by atoms with van der Waals surface area (Å²) in [6, 6.07) is 7.87. The molecule has 1 aromatic heterocycles. The Kier molecular flexibility index (Phi) is 4.94. The summed E-state index contributed by atoms with van der Waals surface area (Å²) in [4.78, 5) is 22.6. The minimum Gasteiger partial charge on any atom is -0.308 e. The van der Waals surface area contributed by atoms with Gasteiger partial charge in [-0.05, 0) is 18.6 Å². The Morgan fingerprint density at radius 1 is 1.43 bits per heavy atom. The molecule has 110 valence electrons. The van der Waals surface area contributed by atoms with E-state index in [9.17, 15) is 14.9 Å². The molecule has 7 nitrogen and oxygen atoms in total. The average molecular weight is 306 g/mol. The monoisotopic (exact) mass is 306 g/mol. The number of thioether (sulfide) groups is 1. The predicted octanol–water partition coefficient (Wildman–Crippen LogP) is 2.61. The van der Waals surface area contributed by atoms with E-state index in [-0.39, 0.29) is 17.3 Å². The normalized spacial score (nSPS) is 10.3. The lowest BCUT2D eigenvalue weighted by Crippen LogP contribution is -2.14. The molecule has 0 fully saturated rings. The zero-order chi connectivity index (χ0) is 15.2. The third kappa shape index (κ3) is 4.32. The van der Waals surface area contributed by atoms with Crippen LogP contribution in [0.1, 0.15) is 12.6 Å². The number of nitro benzene ring substituents is 1. The quantitative estimate of drug-likeness (QED) is 0.485. The summed E-state index contributed by atoms with van der Waals surface area (Å²) >= 11 is 1.31. The highest BCUT2D eigenvalue weighted by Gasteiger charge is 2.08. The summed E-state index contributed by atoms with van der Waals surface area (Å²) in [5, 5.41) is 20.0. The van der Waals surface area contributed by atoms with Crippen molar-refractivity contribution < 1.29 is 9.72 Å². The molecule has 0 spiro atoms. The molecule has 0 saturated carbocycles. The van der Waals surface area contributed by atoms with Crippen LogP contribution in [0, 0.1) is 10.1 Å². The molecule has 0 atom stereocenters. The van der Waals surface area contributed by atoms with Gasteiger partial charge in [-0.2, -0.15) is 5.10 Å². The number of nitrogens with zero attached hydrogens (tertiary/aromatic N) is 2. The van der Waals surface area contributed by atoms with Crippen molar-refractivity contribution in [2.45, 2.75) is 18.2 Å². The van der Waals surface area contributed by atoms with Crippen molar-refractivity contribution in [2.24, 2.45) is 0 Å². The lowest BCUT2D eigenvalue weighted by atomic mass is 10.3. The number of nitrogens with one attached hydrogen (secondary N) is 2. The van der Waals surface area contributed by atoms with E-state index in [0.717, 1.165) is 17.0 Å². The third-order valence-electron chi connectivity index (χ3n) is 2.70. The number of anilines is 1. The van der Waals surface area contributed by atoms with E-state index >= 15 is 0 Å². The van der Waals surface area contributed by atoms with Crippen LogP contribution in [0.15, 0.2) is 35.2 Å². The second-order valence-corrected chi connectivity index (χ2v) is 5.27. The largest absolute Gasteiger partial charge is 0.308 e. The number of carbonyl (C=O) groups excluding carboxylic acids is 1. The van der Waals surface area contributed by atoms with Crippen LogP contribution in [0.4, 0.5) is 11.5 Å². The van der Waals surface area contributed by atoms with Crippen LogP contribution >= 0.6 is 11.8 Å². The number of hydrogen-bond donors (Lipinski definition) is 2. The van der Waals surface area contributed by atoms with Crippen LogP contribution in [0.2, 0.25) is 0 Å². The molecule has 0 bridgehead atoms. The Morgan fingerprint density at radius 3 is 2.71 bits per heavy atom. The molecule has 0 unspecified atom stereocenters. The highest BCUT2D eigenvalue weighted by atomic mass is 32.2. The van der Waals surface area contributed by atoms with Crippen molar-refractivity contribution >= 4 is 29.2 Å². The van der Waals surface area contributed by atoms with Crippen molar-refractivity contribution in [3.63, 3.8) is 0 Å². The number of benzene rings is 1. The minimum atomic E-state index is -0.454. The number of aromatic nitrogens is 2. The molecule has 1 amide bonds. The van der Waals surface area contributed by atoms with Crippen molar-refractivity contribution in [1.82, 2.24) is 10.2 Å². The van der Waals surface area contributed by atoms with E-state index in [1.165, 1.54) is 23.9 Å². The van der Waals surface area contributed by atoms with Gasteiger partial charge in [0.1, 0.15) is 0 Å². The lowest BCUT2D eigenvalue weighted by Gasteiger charge is -2.02. The first-order valence-electron chi connectivity index (χ1n) is 6.30. The topological polar surface area (TPSA) is 101 Å². The molecule has 2 N–H and O–H groups in total. The van der Waals surface area contributed by atoms with Gasteiger partial charge in [0.15, 0.2) is 5.82 Å². The Balaban J connectivity index is 1.84. The molecule has 8 heteroatoms. The van der Waals surface area contributed by atoms with Crippen molar-refractivity contribution in [1.29, 1.82) is 0 Å². The average Bonchev–Trinajstić information content (AvgIpc) is 2.93. The van der Waals surface area contributed by atoms with Gasteiger partial charge in [0, 0.05) is 28.8 Å². The molecule has 0 radical (unpaired) electrons. The molecule has 1 heterocycles. The fourth-order valence-electron chi connectivity index (χ4n) is 1.60. The smallest absolute Gasteiger partial charge is 0.269 e. The standard InChI is InChI=1S/C13H14N4O3S/c1-2-9-7-12(16-15-9)14-13(18)8-21-11-5-3-10(4-6-11)17(19)20/h3-7H,2,8H2,1H3,(H2,14,15,16,18). The number of nitro groups is 1. The van der Waals surface area contributed by atoms with E-state index in [0.29, 0.717) is 5.82 Å². The maximum Gasteiger partial charge on any atom is 0.269 e. The van der Waals surface area contributed by atoms with E-state index in [4.69, 9.17) is 0 Å². The van der Waals surface area contributed by atoms with E-state index < -0.39 is 4.92 Å². The Bertz CT molecular complexity index is 639. The van der Waals surface area contributed by atoms with Crippen LogP contribution in [0.25, 0.3) is 0 Å². The number of carbonyl (C=O) groups is 1. The fraction of sp³-hybridized carbons (Fsp3) is 0.231. The van der Waals surface area contributed by atoms with E-state index in [1.807, 2.05) is 6.92 Å².